The van der Waals surface area contributed by atoms with Gasteiger partial charge in [-0.15, -0.1) is 0 Å². The number of aryl methyl sites for hydroxylation is 5. The SMILES string of the molecule is CCc1nc(Nc2cc(C(=O)NC)ccc2C)c(C#N)c(N(C)CC(C)(C)C)n1.CNC(=O)c1ccc(C)c(Nc2nc(OCC(C)(C)CN(C)C)nc(N(C)CC(C)(C)C)c2C#N)c1.CNC(=O)c1ccc(C)c(Nc2nc(OCC3CCCN(C)C3)nc(N(C)CC(C)(C)C)c2C#N)c1.CNC(=O)c1ccc(C)c(Nc2nc(OCCCN(C)C)nc(N(C)CC(C)(C)C)c2C#N)c1. The molecule has 4 aromatic heterocycles. The van der Waals surface area contributed by atoms with Gasteiger partial charge in [-0.1, -0.05) is 128 Å². The van der Waals surface area contributed by atoms with E-state index in [0.29, 0.717) is 166 Å². The van der Waals surface area contributed by atoms with Crippen LogP contribution in [0.2, 0.25) is 0 Å². The zero-order valence-corrected chi connectivity index (χ0v) is 86.0. The van der Waals surface area contributed by atoms with Gasteiger partial charge in [-0.25, -0.2) is 9.97 Å². The van der Waals surface area contributed by atoms with Crippen molar-refractivity contribution in [1.82, 2.24) is 75.8 Å². The van der Waals surface area contributed by atoms with Gasteiger partial charge in [-0.2, -0.15) is 51.0 Å². The summed E-state index contributed by atoms with van der Waals surface area (Å²) < 4.78 is 18.1. The first-order valence-electron chi connectivity index (χ1n) is 45.6. The Bertz CT molecular complexity index is 5560. The van der Waals surface area contributed by atoms with Crippen LogP contribution in [0.5, 0.6) is 18.0 Å². The molecule has 4 amide bonds. The lowest BCUT2D eigenvalue weighted by atomic mass is 9.94. The Morgan fingerprint density at radius 3 is 1.01 bits per heavy atom. The molecule has 1 fully saturated rings. The van der Waals surface area contributed by atoms with E-state index in [1.807, 2.05) is 135 Å². The number of anilines is 12. The third-order valence-electron chi connectivity index (χ3n) is 21.0. The summed E-state index contributed by atoms with van der Waals surface area (Å²) in [6.45, 7) is 47.5. The molecule has 1 saturated heterocycles. The maximum Gasteiger partial charge on any atom is 0.320 e. The highest BCUT2D eigenvalue weighted by molar-refractivity contribution is 5.98. The highest BCUT2D eigenvalue weighted by Gasteiger charge is 2.31. The van der Waals surface area contributed by atoms with Crippen LogP contribution in [0.3, 0.4) is 0 Å². The molecule has 9 rings (SSSR count). The van der Waals surface area contributed by atoms with E-state index < -0.39 is 0 Å². The Balaban J connectivity index is 0.000000277. The average Bonchev–Trinajstić information content (AvgIpc) is 0.805. The van der Waals surface area contributed by atoms with Crippen molar-refractivity contribution in [3.05, 3.63) is 145 Å². The number of ether oxygens (including phenoxy) is 3. The van der Waals surface area contributed by atoms with Gasteiger partial charge in [0.2, 0.25) is 0 Å². The molecule has 1 atom stereocenters. The van der Waals surface area contributed by atoms with Gasteiger partial charge in [0.05, 0.1) is 19.8 Å². The summed E-state index contributed by atoms with van der Waals surface area (Å²) in [6.07, 6.45) is 3.72. The lowest BCUT2D eigenvalue weighted by molar-refractivity contribution is 0.0955. The Labute approximate surface area is 801 Å². The second kappa shape index (κ2) is 49.6. The van der Waals surface area contributed by atoms with Crippen molar-refractivity contribution in [2.75, 3.05) is 205 Å². The van der Waals surface area contributed by atoms with E-state index in [1.165, 1.54) is 0 Å². The van der Waals surface area contributed by atoms with Crippen molar-refractivity contribution in [2.45, 2.75) is 157 Å². The third-order valence-corrected chi connectivity index (χ3v) is 21.0. The van der Waals surface area contributed by atoms with E-state index in [1.54, 1.807) is 76.7 Å². The maximum atomic E-state index is 12.2. The van der Waals surface area contributed by atoms with Crippen LogP contribution in [-0.4, -0.2) is 242 Å². The van der Waals surface area contributed by atoms with Crippen LogP contribution in [0, 0.1) is 106 Å². The monoisotopic (exact) mass is 1850 g/mol. The average molecular weight is 1850 g/mol. The summed E-state index contributed by atoms with van der Waals surface area (Å²) in [5.41, 5.74) is 9.74. The number of benzene rings is 4. The number of rotatable bonds is 34. The molecule has 1 aliphatic heterocycles. The number of hydrogen-bond donors (Lipinski definition) is 8. The molecule has 0 saturated carbocycles. The van der Waals surface area contributed by atoms with Crippen LogP contribution in [0.25, 0.3) is 0 Å². The first-order chi connectivity index (χ1) is 63.2. The molecule has 1 unspecified atom stereocenters. The number of nitriles is 4. The molecule has 0 spiro atoms. The van der Waals surface area contributed by atoms with Crippen molar-refractivity contribution < 1.29 is 33.4 Å². The van der Waals surface area contributed by atoms with Gasteiger partial charge < -0.3 is 91.0 Å². The molecular weight excluding hydrogens is 1700 g/mol. The van der Waals surface area contributed by atoms with Crippen molar-refractivity contribution in [1.29, 1.82) is 21.0 Å². The van der Waals surface area contributed by atoms with Crippen LogP contribution in [-0.2, 0) is 6.42 Å². The van der Waals surface area contributed by atoms with Crippen molar-refractivity contribution in [2.24, 2.45) is 33.0 Å². The first-order valence-corrected chi connectivity index (χ1v) is 45.6. The number of nitrogens with one attached hydrogen (secondary N) is 8. The third kappa shape index (κ3) is 34.6. The first kappa shape index (κ1) is 110. The van der Waals surface area contributed by atoms with Gasteiger partial charge in [0.15, 0.2) is 46.5 Å². The fourth-order valence-electron chi connectivity index (χ4n) is 15.1. The minimum Gasteiger partial charge on any atom is -0.463 e. The van der Waals surface area contributed by atoms with Crippen molar-refractivity contribution >= 4 is 92.9 Å². The minimum atomic E-state index is -0.195. The molecule has 728 valence electrons. The number of carbonyl (C=O) groups is 4. The van der Waals surface area contributed by atoms with Crippen LogP contribution in [0.15, 0.2) is 72.8 Å². The van der Waals surface area contributed by atoms with Gasteiger partial charge >= 0.3 is 18.0 Å². The number of hydrogen-bond acceptors (Lipinski definition) is 30. The van der Waals surface area contributed by atoms with E-state index in [9.17, 15) is 40.2 Å². The lowest BCUT2D eigenvalue weighted by Crippen LogP contribution is -2.35. The number of likely N-dealkylation sites (tertiary alicyclic amines) is 1. The standard InChI is InChI=1S/C27H39N7O2.C27H41N7O2.C25H37N7O2.C22H30N6O/c1-18-10-11-20(25(35)29-5)13-22(18)30-23-21(14-28)24(34(7)17-27(2,3)4)32-26(31-23)36-16-19-9-8-12-33(6)15-19;1-18-11-12-19(24(35)29-7)13-21(18)30-22-20(14-28)23(34(10)15-26(2,3)4)32-25(31-22)36-17-27(5,6)16-33(8)9;1-17-10-11-18(23(33)27-5)14-20(17)28-21-19(15-26)22(32(8)16-25(2,3)4)30-24(29-21)34-13-9-12-31(6)7;1-8-18-26-19(16(12-23)20(27-18)28(7)13-22(3,4)5)25-17-11-15(21(29)24-6)10-9-14(17)2/h10-11,13,19H,8-9,12,15-17H2,1-7H3,(H,29,35)(H,30,31,32);11-13H,15-17H2,1-10H3,(H,29,35)(H,30,31,32);10-11,14H,9,12-13,16H2,1-8H3,(H,27,33)(H,28,29,30);9-11H,8,13H2,1-7H3,(H,24,29)(H,25,26,27). The summed E-state index contributed by atoms with van der Waals surface area (Å²) in [4.78, 5) is 99.7. The molecular formula is C101H147N27O7. The summed E-state index contributed by atoms with van der Waals surface area (Å²) in [5.74, 6) is 3.91. The molecule has 34 heteroatoms. The molecule has 8 aromatic rings. The fourth-order valence-corrected chi connectivity index (χ4v) is 15.1. The quantitative estimate of drug-likeness (QED) is 0.0174. The maximum absolute atomic E-state index is 12.2. The second-order valence-electron chi connectivity index (χ2n) is 40.5. The molecule has 34 nitrogen and oxygen atoms in total. The topological polar surface area (TPSA) is 413 Å². The van der Waals surface area contributed by atoms with E-state index in [4.69, 9.17) is 14.2 Å². The van der Waals surface area contributed by atoms with Gasteiger partial charge in [0, 0.05) is 165 Å². The Morgan fingerprint density at radius 2 is 0.726 bits per heavy atom. The molecule has 0 radical (unpaired) electrons. The normalized spacial score (nSPS) is 12.6. The predicted octanol–water partition coefficient (Wildman–Crippen LogP) is 15.5. The summed E-state index contributed by atoms with van der Waals surface area (Å²) in [6, 6.07) is 31.2. The van der Waals surface area contributed by atoms with E-state index in [2.05, 4.69) is 225 Å². The molecule has 4 aromatic carbocycles. The van der Waals surface area contributed by atoms with Gasteiger partial charge in [-0.3, -0.25) is 19.2 Å². The number of carbonyl (C=O) groups excluding carboxylic acids is 4. The zero-order chi connectivity index (χ0) is 101. The molecule has 1 aliphatic rings. The molecule has 0 bridgehead atoms. The molecule has 8 N–H and O–H groups in total. The highest BCUT2D eigenvalue weighted by Crippen LogP contribution is 2.38. The number of amides is 4. The van der Waals surface area contributed by atoms with Crippen LogP contribution >= 0.6 is 0 Å². The largest absolute Gasteiger partial charge is 0.463 e. The highest BCUT2D eigenvalue weighted by atomic mass is 16.5. The summed E-state index contributed by atoms with van der Waals surface area (Å²) >= 11 is 0. The van der Waals surface area contributed by atoms with Crippen molar-refractivity contribution in [3.8, 4) is 42.3 Å². The lowest BCUT2D eigenvalue weighted by Gasteiger charge is -2.30. The van der Waals surface area contributed by atoms with Crippen LogP contribution in [0.4, 0.5) is 69.3 Å². The van der Waals surface area contributed by atoms with Gasteiger partial charge in [-0.05, 0) is 181 Å². The van der Waals surface area contributed by atoms with Crippen LogP contribution < -0.4 is 76.3 Å². The molecule has 0 aliphatic carbocycles. The van der Waals surface area contributed by atoms with E-state index in [-0.39, 0.29) is 68.7 Å². The minimum absolute atomic E-state index is 0.00778. The Hall–Kier alpha value is -13.3. The summed E-state index contributed by atoms with van der Waals surface area (Å²) in [7, 11) is 24.2. The van der Waals surface area contributed by atoms with Gasteiger partial charge in [0.1, 0.15) is 52.4 Å². The van der Waals surface area contributed by atoms with E-state index >= 15 is 0 Å². The van der Waals surface area contributed by atoms with Gasteiger partial charge in [0.25, 0.3) is 23.6 Å². The zero-order valence-electron chi connectivity index (χ0n) is 86.0. The Kier molecular flexibility index (Phi) is 40.6. The molecule has 5 heterocycles. The fraction of sp³-hybridized carbons (Fsp3) is 0.525. The predicted molar refractivity (Wildman–Crippen MR) is 541 cm³/mol. The number of piperidine rings is 1. The summed E-state index contributed by atoms with van der Waals surface area (Å²) in [5, 5.41) is 63.8. The number of aromatic nitrogens is 8. The second-order valence-corrected chi connectivity index (χ2v) is 40.5. The smallest absolute Gasteiger partial charge is 0.320 e. The van der Waals surface area contributed by atoms with Crippen LogP contribution in [0.1, 0.15) is 215 Å². The molecule has 135 heavy (non-hydrogen) atoms. The van der Waals surface area contributed by atoms with E-state index in [0.717, 1.165) is 79.9 Å². The Morgan fingerprint density at radius 1 is 0.422 bits per heavy atom. The van der Waals surface area contributed by atoms with Crippen molar-refractivity contribution in [3.63, 3.8) is 0 Å². The number of nitrogens with zero attached hydrogens (tertiary/aromatic N) is 19.